The molecule has 0 aliphatic carbocycles. The molecule has 0 fully saturated rings. The van der Waals surface area contributed by atoms with Crippen LogP contribution in [0, 0.1) is 5.82 Å². The summed E-state index contributed by atoms with van der Waals surface area (Å²) in [5.41, 5.74) is 1.15. The van der Waals surface area contributed by atoms with Gasteiger partial charge in [0.1, 0.15) is 11.6 Å². The lowest BCUT2D eigenvalue weighted by Crippen LogP contribution is -2.31. The number of rotatable bonds is 3. The quantitative estimate of drug-likeness (QED) is 0.770. The van der Waals surface area contributed by atoms with Crippen LogP contribution in [0.1, 0.15) is 48.0 Å². The number of aromatic nitrogens is 2. The average molecular weight is 353 g/mol. The van der Waals surface area contributed by atoms with Crippen molar-refractivity contribution in [3.63, 3.8) is 0 Å². The number of halogens is 4. The summed E-state index contributed by atoms with van der Waals surface area (Å²) in [7, 11) is 0. The topological polar surface area (TPSA) is 29.0 Å². The van der Waals surface area contributed by atoms with Gasteiger partial charge in [-0.1, -0.05) is 13.8 Å². The van der Waals surface area contributed by atoms with Crippen LogP contribution in [0.2, 0.25) is 0 Å². The second-order valence-corrected chi connectivity index (χ2v) is 6.62. The van der Waals surface area contributed by atoms with E-state index < -0.39 is 17.6 Å². The molecule has 2 heterocycles. The van der Waals surface area contributed by atoms with E-state index in [0.29, 0.717) is 19.5 Å². The van der Waals surface area contributed by atoms with Crippen LogP contribution in [-0.2, 0) is 25.7 Å². The van der Waals surface area contributed by atoms with Gasteiger partial charge < -0.3 is 0 Å². The van der Waals surface area contributed by atoms with Crippen LogP contribution >= 0.6 is 0 Å². The maximum atomic E-state index is 13.9. The molecule has 1 aliphatic rings. The highest BCUT2D eigenvalue weighted by atomic mass is 19.4. The van der Waals surface area contributed by atoms with E-state index in [1.807, 2.05) is 18.7 Å². The molecule has 7 heteroatoms. The summed E-state index contributed by atoms with van der Waals surface area (Å²) in [5, 5.41) is 0. The fourth-order valence-electron chi connectivity index (χ4n) is 2.92. The molecule has 2 aromatic rings. The average Bonchev–Trinajstić information content (AvgIpc) is 2.55. The summed E-state index contributed by atoms with van der Waals surface area (Å²) in [6.45, 7) is 5.29. The summed E-state index contributed by atoms with van der Waals surface area (Å²) >= 11 is 0. The number of alkyl halides is 3. The van der Waals surface area contributed by atoms with Crippen LogP contribution < -0.4 is 0 Å². The molecule has 0 radical (unpaired) electrons. The van der Waals surface area contributed by atoms with Crippen molar-refractivity contribution in [1.82, 2.24) is 14.9 Å². The molecule has 0 spiro atoms. The van der Waals surface area contributed by atoms with Crippen molar-refractivity contribution in [2.45, 2.75) is 45.5 Å². The Morgan fingerprint density at radius 1 is 1.24 bits per heavy atom. The van der Waals surface area contributed by atoms with Gasteiger partial charge in [-0.05, 0) is 18.2 Å². The number of nitrogens with zero attached hydrogens (tertiary/aromatic N) is 3. The van der Waals surface area contributed by atoms with E-state index in [9.17, 15) is 17.6 Å². The third-order valence-corrected chi connectivity index (χ3v) is 4.32. The zero-order valence-corrected chi connectivity index (χ0v) is 14.1. The summed E-state index contributed by atoms with van der Waals surface area (Å²) in [4.78, 5) is 10.8. The first-order valence-corrected chi connectivity index (χ1v) is 8.16. The Balaban J connectivity index is 1.77. The molecule has 1 aliphatic heterocycles. The Hall–Kier alpha value is -2.02. The highest BCUT2D eigenvalue weighted by Gasteiger charge is 2.31. The lowest BCUT2D eigenvalue weighted by atomic mass is 10.0. The Bertz CT molecular complexity index is 771. The highest BCUT2D eigenvalue weighted by molar-refractivity contribution is 5.28. The zero-order valence-electron chi connectivity index (χ0n) is 14.1. The molecule has 0 unspecified atom stereocenters. The third-order valence-electron chi connectivity index (χ3n) is 4.32. The predicted octanol–water partition coefficient (Wildman–Crippen LogP) is 4.32. The minimum absolute atomic E-state index is 0.0537. The molecule has 0 saturated heterocycles. The maximum Gasteiger partial charge on any atom is 0.416 e. The molecule has 1 aromatic heterocycles. The van der Waals surface area contributed by atoms with E-state index in [4.69, 9.17) is 0 Å². The standard InChI is InChI=1S/C18H19F4N3/c1-11(2)17-23-8-13-10-25(6-5-16(13)24-17)9-12-7-14(18(20,21)22)3-4-15(12)19/h3-4,7-8,11H,5-6,9-10H2,1-2H3. The summed E-state index contributed by atoms with van der Waals surface area (Å²) in [6.07, 6.45) is -2.03. The van der Waals surface area contributed by atoms with Gasteiger partial charge in [0.05, 0.1) is 5.56 Å². The van der Waals surface area contributed by atoms with Gasteiger partial charge in [-0.3, -0.25) is 4.90 Å². The van der Waals surface area contributed by atoms with Crippen molar-refractivity contribution in [2.75, 3.05) is 6.54 Å². The molecule has 3 rings (SSSR count). The second-order valence-electron chi connectivity index (χ2n) is 6.62. The fraction of sp³-hybridized carbons (Fsp3) is 0.444. The second kappa shape index (κ2) is 6.71. The monoisotopic (exact) mass is 353 g/mol. The van der Waals surface area contributed by atoms with Crippen LogP contribution in [0.15, 0.2) is 24.4 Å². The minimum Gasteiger partial charge on any atom is -0.294 e. The lowest BCUT2D eigenvalue weighted by Gasteiger charge is -2.28. The summed E-state index contributed by atoms with van der Waals surface area (Å²) < 4.78 is 52.4. The molecule has 0 amide bonds. The lowest BCUT2D eigenvalue weighted by molar-refractivity contribution is -0.137. The molecule has 0 atom stereocenters. The number of fused-ring (bicyclic) bond motifs is 1. The van der Waals surface area contributed by atoms with Crippen LogP contribution in [0.4, 0.5) is 17.6 Å². The SMILES string of the molecule is CC(C)c1ncc2c(n1)CCN(Cc1cc(C(F)(F)F)ccc1F)C2. The van der Waals surface area contributed by atoms with Gasteiger partial charge in [-0.2, -0.15) is 13.2 Å². The van der Waals surface area contributed by atoms with E-state index in [1.165, 1.54) is 0 Å². The van der Waals surface area contributed by atoms with Gasteiger partial charge >= 0.3 is 6.18 Å². The minimum atomic E-state index is -4.47. The van der Waals surface area contributed by atoms with E-state index >= 15 is 0 Å². The summed E-state index contributed by atoms with van der Waals surface area (Å²) in [6, 6.07) is 2.54. The zero-order chi connectivity index (χ0) is 18.2. The van der Waals surface area contributed by atoms with Crippen molar-refractivity contribution in [3.8, 4) is 0 Å². The number of hydrogen-bond donors (Lipinski definition) is 0. The van der Waals surface area contributed by atoms with Crippen molar-refractivity contribution >= 4 is 0 Å². The van der Waals surface area contributed by atoms with Gasteiger partial charge in [0.15, 0.2) is 0 Å². The van der Waals surface area contributed by atoms with Crippen molar-refractivity contribution in [3.05, 3.63) is 58.4 Å². The molecule has 0 N–H and O–H groups in total. The molecule has 25 heavy (non-hydrogen) atoms. The summed E-state index contributed by atoms with van der Waals surface area (Å²) in [5.74, 6) is 0.406. The maximum absolute atomic E-state index is 13.9. The van der Waals surface area contributed by atoms with Crippen molar-refractivity contribution < 1.29 is 17.6 Å². The Morgan fingerprint density at radius 3 is 2.68 bits per heavy atom. The van der Waals surface area contributed by atoms with Crippen LogP contribution in [0.25, 0.3) is 0 Å². The molecule has 1 aromatic carbocycles. The smallest absolute Gasteiger partial charge is 0.294 e. The molecular weight excluding hydrogens is 334 g/mol. The molecule has 3 nitrogen and oxygen atoms in total. The largest absolute Gasteiger partial charge is 0.416 e. The van der Waals surface area contributed by atoms with E-state index in [2.05, 4.69) is 9.97 Å². The van der Waals surface area contributed by atoms with Crippen LogP contribution in [0.3, 0.4) is 0 Å². The van der Waals surface area contributed by atoms with E-state index in [-0.39, 0.29) is 18.0 Å². The molecule has 134 valence electrons. The normalized spacial score (nSPS) is 15.5. The Morgan fingerprint density at radius 2 is 2.00 bits per heavy atom. The van der Waals surface area contributed by atoms with Gasteiger partial charge in [0.2, 0.25) is 0 Å². The van der Waals surface area contributed by atoms with Crippen LogP contribution in [-0.4, -0.2) is 21.4 Å². The molecule has 0 bridgehead atoms. The van der Waals surface area contributed by atoms with Crippen LogP contribution in [0.5, 0.6) is 0 Å². The number of hydrogen-bond acceptors (Lipinski definition) is 3. The highest BCUT2D eigenvalue weighted by Crippen LogP contribution is 2.31. The molecule has 0 saturated carbocycles. The van der Waals surface area contributed by atoms with Crippen molar-refractivity contribution in [2.24, 2.45) is 0 Å². The Labute approximate surface area is 143 Å². The molecular formula is C18H19F4N3. The van der Waals surface area contributed by atoms with Gasteiger partial charge in [0.25, 0.3) is 0 Å². The Kier molecular flexibility index (Phi) is 4.77. The first kappa shape index (κ1) is 17.8. The predicted molar refractivity (Wildman–Crippen MR) is 85.3 cm³/mol. The fourth-order valence-corrected chi connectivity index (χ4v) is 2.92. The van der Waals surface area contributed by atoms with E-state index in [0.717, 1.165) is 35.3 Å². The van der Waals surface area contributed by atoms with Gasteiger partial charge in [0, 0.05) is 55.0 Å². The van der Waals surface area contributed by atoms with Gasteiger partial charge in [-0.15, -0.1) is 0 Å². The first-order chi connectivity index (χ1) is 11.7. The number of benzene rings is 1. The van der Waals surface area contributed by atoms with Crippen molar-refractivity contribution in [1.29, 1.82) is 0 Å². The first-order valence-electron chi connectivity index (χ1n) is 8.16. The third kappa shape index (κ3) is 3.98. The van der Waals surface area contributed by atoms with E-state index in [1.54, 1.807) is 6.20 Å². The van der Waals surface area contributed by atoms with Gasteiger partial charge in [-0.25, -0.2) is 14.4 Å².